The molecule has 0 bridgehead atoms. The van der Waals surface area contributed by atoms with E-state index >= 15 is 0 Å². The first-order valence-electron chi connectivity index (χ1n) is 5.04. The highest BCUT2D eigenvalue weighted by Gasteiger charge is 2.20. The van der Waals surface area contributed by atoms with Crippen molar-refractivity contribution in [1.82, 2.24) is 5.32 Å². The molecule has 1 N–H and O–H groups in total. The Morgan fingerprint density at radius 3 is 2.25 bits per heavy atom. The Morgan fingerprint density at radius 1 is 1.17 bits per heavy atom. The first kappa shape index (κ1) is 10.0. The minimum absolute atomic E-state index is 0.600. The normalized spacial score (nSPS) is 23.0. The maximum Gasteiger partial charge on any atom is 0.0469 e. The molecule has 1 fully saturated rings. The van der Waals surface area contributed by atoms with Crippen molar-refractivity contribution in [3.05, 3.63) is 0 Å². The van der Waals surface area contributed by atoms with Crippen LogP contribution >= 0.6 is 0 Å². The average Bonchev–Trinajstić information content (AvgIpc) is 2.05. The van der Waals surface area contributed by atoms with E-state index < -0.39 is 0 Å². The average molecular weight is 171 g/mol. The van der Waals surface area contributed by atoms with Gasteiger partial charge in [-0.3, -0.25) is 0 Å². The van der Waals surface area contributed by atoms with E-state index in [0.717, 1.165) is 19.1 Å². The largest absolute Gasteiger partial charge is 0.381 e. The van der Waals surface area contributed by atoms with Crippen molar-refractivity contribution < 1.29 is 4.74 Å². The molecule has 0 aromatic heterocycles. The predicted octanol–water partition coefficient (Wildman–Crippen LogP) is 1.80. The first-order chi connectivity index (χ1) is 5.70. The molecule has 72 valence electrons. The lowest BCUT2D eigenvalue weighted by molar-refractivity contribution is 0.0550. The smallest absolute Gasteiger partial charge is 0.0469 e. The van der Waals surface area contributed by atoms with Crippen LogP contribution < -0.4 is 5.32 Å². The predicted molar refractivity (Wildman–Crippen MR) is 51.3 cm³/mol. The van der Waals surface area contributed by atoms with Gasteiger partial charge in [-0.05, 0) is 25.7 Å². The van der Waals surface area contributed by atoms with Gasteiger partial charge in [-0.25, -0.2) is 0 Å². The van der Waals surface area contributed by atoms with Crippen LogP contribution in [0.25, 0.3) is 0 Å². The molecule has 2 heteroatoms. The second kappa shape index (κ2) is 4.83. The van der Waals surface area contributed by atoms with Crippen molar-refractivity contribution in [2.24, 2.45) is 5.92 Å². The molecule has 1 saturated heterocycles. The van der Waals surface area contributed by atoms with Crippen LogP contribution in [0.1, 0.15) is 33.6 Å². The van der Waals surface area contributed by atoms with E-state index in [1.165, 1.54) is 12.8 Å². The Hall–Kier alpha value is -0.0800. The van der Waals surface area contributed by atoms with Gasteiger partial charge in [0.15, 0.2) is 0 Å². The molecule has 1 aliphatic rings. The monoisotopic (exact) mass is 171 g/mol. The van der Waals surface area contributed by atoms with E-state index in [2.05, 4.69) is 26.1 Å². The molecule has 1 aliphatic heterocycles. The Balaban J connectivity index is 2.24. The molecular formula is C10H21NO. The number of rotatable bonds is 3. The molecule has 0 saturated carbocycles. The van der Waals surface area contributed by atoms with E-state index in [4.69, 9.17) is 4.74 Å². The summed E-state index contributed by atoms with van der Waals surface area (Å²) < 4.78 is 5.33. The molecular weight excluding hydrogens is 150 g/mol. The number of hydrogen-bond acceptors (Lipinski definition) is 2. The standard InChI is InChI=1S/C10H21NO/c1-8(2)11-9(3)10-4-6-12-7-5-10/h8-11H,4-7H2,1-3H3/t9-/m1/s1. The molecule has 1 heterocycles. The summed E-state index contributed by atoms with van der Waals surface area (Å²) in [5.41, 5.74) is 0. The van der Waals surface area contributed by atoms with Gasteiger partial charge in [0, 0.05) is 25.3 Å². The minimum atomic E-state index is 0.600. The summed E-state index contributed by atoms with van der Waals surface area (Å²) in [4.78, 5) is 0. The fourth-order valence-corrected chi connectivity index (χ4v) is 1.88. The van der Waals surface area contributed by atoms with Gasteiger partial charge in [-0.2, -0.15) is 0 Å². The maximum absolute atomic E-state index is 5.33. The number of hydrogen-bond donors (Lipinski definition) is 1. The van der Waals surface area contributed by atoms with E-state index in [1.54, 1.807) is 0 Å². The van der Waals surface area contributed by atoms with Gasteiger partial charge in [-0.15, -0.1) is 0 Å². The van der Waals surface area contributed by atoms with Gasteiger partial charge >= 0.3 is 0 Å². The highest BCUT2D eigenvalue weighted by Crippen LogP contribution is 2.18. The second-order valence-electron chi connectivity index (χ2n) is 4.06. The summed E-state index contributed by atoms with van der Waals surface area (Å²) in [7, 11) is 0. The highest BCUT2D eigenvalue weighted by atomic mass is 16.5. The van der Waals surface area contributed by atoms with Gasteiger partial charge in [0.05, 0.1) is 0 Å². The van der Waals surface area contributed by atoms with Crippen molar-refractivity contribution >= 4 is 0 Å². The van der Waals surface area contributed by atoms with Gasteiger partial charge in [0.25, 0.3) is 0 Å². The molecule has 0 aromatic rings. The van der Waals surface area contributed by atoms with Crippen LogP contribution in [-0.2, 0) is 4.74 Å². The Kier molecular flexibility index (Phi) is 4.02. The third-order valence-electron chi connectivity index (χ3n) is 2.57. The van der Waals surface area contributed by atoms with Gasteiger partial charge in [-0.1, -0.05) is 13.8 Å². The van der Waals surface area contributed by atoms with Gasteiger partial charge in [0.1, 0.15) is 0 Å². The Morgan fingerprint density at radius 2 is 1.75 bits per heavy atom. The van der Waals surface area contributed by atoms with Gasteiger partial charge < -0.3 is 10.1 Å². The molecule has 0 aliphatic carbocycles. The lowest BCUT2D eigenvalue weighted by Gasteiger charge is -2.29. The van der Waals surface area contributed by atoms with E-state index in [0.29, 0.717) is 12.1 Å². The molecule has 0 spiro atoms. The zero-order valence-corrected chi connectivity index (χ0v) is 8.47. The third-order valence-corrected chi connectivity index (χ3v) is 2.57. The van der Waals surface area contributed by atoms with Crippen molar-refractivity contribution in [1.29, 1.82) is 0 Å². The molecule has 0 radical (unpaired) electrons. The van der Waals surface area contributed by atoms with Gasteiger partial charge in [0.2, 0.25) is 0 Å². The number of nitrogens with one attached hydrogen (secondary N) is 1. The molecule has 0 amide bonds. The second-order valence-corrected chi connectivity index (χ2v) is 4.06. The van der Waals surface area contributed by atoms with Crippen molar-refractivity contribution in [2.45, 2.75) is 45.7 Å². The first-order valence-corrected chi connectivity index (χ1v) is 5.04. The van der Waals surface area contributed by atoms with Crippen LogP contribution in [0.3, 0.4) is 0 Å². The fourth-order valence-electron chi connectivity index (χ4n) is 1.88. The molecule has 2 nitrogen and oxygen atoms in total. The quantitative estimate of drug-likeness (QED) is 0.699. The topological polar surface area (TPSA) is 21.3 Å². The van der Waals surface area contributed by atoms with E-state index in [-0.39, 0.29) is 0 Å². The van der Waals surface area contributed by atoms with Crippen molar-refractivity contribution in [3.63, 3.8) is 0 Å². The van der Waals surface area contributed by atoms with Crippen LogP contribution in [-0.4, -0.2) is 25.3 Å². The fraction of sp³-hybridized carbons (Fsp3) is 1.00. The SMILES string of the molecule is CC(C)N[C@H](C)C1CCOCC1. The van der Waals surface area contributed by atoms with Crippen LogP contribution in [0.2, 0.25) is 0 Å². The maximum atomic E-state index is 5.33. The molecule has 0 aromatic carbocycles. The molecule has 12 heavy (non-hydrogen) atoms. The lowest BCUT2D eigenvalue weighted by Crippen LogP contribution is -2.40. The summed E-state index contributed by atoms with van der Waals surface area (Å²) in [5.74, 6) is 0.821. The van der Waals surface area contributed by atoms with E-state index in [1.807, 2.05) is 0 Å². The summed E-state index contributed by atoms with van der Waals surface area (Å²) in [5, 5.41) is 3.56. The molecule has 0 unspecified atom stereocenters. The van der Waals surface area contributed by atoms with E-state index in [9.17, 15) is 0 Å². The van der Waals surface area contributed by atoms with Crippen LogP contribution in [0.4, 0.5) is 0 Å². The third kappa shape index (κ3) is 3.11. The highest BCUT2D eigenvalue weighted by molar-refractivity contribution is 4.75. The molecule has 1 atom stereocenters. The van der Waals surface area contributed by atoms with Crippen LogP contribution in [0.15, 0.2) is 0 Å². The number of ether oxygens (including phenoxy) is 1. The lowest BCUT2D eigenvalue weighted by atomic mass is 9.92. The summed E-state index contributed by atoms with van der Waals surface area (Å²) in [6.07, 6.45) is 2.45. The van der Waals surface area contributed by atoms with Crippen LogP contribution in [0, 0.1) is 5.92 Å². The Labute approximate surface area is 75.7 Å². The molecule has 1 rings (SSSR count). The minimum Gasteiger partial charge on any atom is -0.381 e. The van der Waals surface area contributed by atoms with Crippen molar-refractivity contribution in [2.75, 3.05) is 13.2 Å². The van der Waals surface area contributed by atoms with Crippen molar-refractivity contribution in [3.8, 4) is 0 Å². The Bertz CT molecular complexity index is 119. The summed E-state index contributed by atoms with van der Waals surface area (Å²) >= 11 is 0. The zero-order valence-electron chi connectivity index (χ0n) is 8.47. The summed E-state index contributed by atoms with van der Waals surface area (Å²) in [6.45, 7) is 8.60. The summed E-state index contributed by atoms with van der Waals surface area (Å²) in [6, 6.07) is 1.25. The van der Waals surface area contributed by atoms with Crippen LogP contribution in [0.5, 0.6) is 0 Å². The zero-order chi connectivity index (χ0) is 8.97.